The van der Waals surface area contributed by atoms with Crippen molar-refractivity contribution in [3.8, 4) is 0 Å². The van der Waals surface area contributed by atoms with Gasteiger partial charge >= 0.3 is 0 Å². The molecular weight excluding hydrogens is 375 g/mol. The van der Waals surface area contributed by atoms with E-state index in [1.807, 2.05) is 22.6 Å². The minimum atomic E-state index is -0.784. The Balaban J connectivity index is 2.16. The van der Waals surface area contributed by atoms with Gasteiger partial charge < -0.3 is 0 Å². The van der Waals surface area contributed by atoms with Crippen molar-refractivity contribution in [1.29, 1.82) is 0 Å². The van der Waals surface area contributed by atoms with Crippen molar-refractivity contribution in [2.24, 2.45) is 0 Å². The van der Waals surface area contributed by atoms with E-state index in [1.165, 1.54) is 0 Å². The van der Waals surface area contributed by atoms with Gasteiger partial charge in [0.25, 0.3) is 11.5 Å². The fourth-order valence-corrected chi connectivity index (χ4v) is 2.89. The number of halogens is 1. The van der Waals surface area contributed by atoms with Gasteiger partial charge in [0.2, 0.25) is 5.91 Å². The van der Waals surface area contributed by atoms with Crippen LogP contribution in [-0.2, 0) is 9.59 Å². The van der Waals surface area contributed by atoms with Gasteiger partial charge in [-0.3, -0.25) is 19.7 Å². The molecule has 1 N–H and O–H groups in total. The summed E-state index contributed by atoms with van der Waals surface area (Å²) >= 11 is 2.04. The molecule has 1 saturated heterocycles. The minimum absolute atomic E-state index is 0.189. The molecule has 20 heavy (non-hydrogen) atoms. The number of aromatic nitrogens is 3. The molecule has 0 bridgehead atoms. The highest BCUT2D eigenvalue weighted by molar-refractivity contribution is 14.1. The molecule has 7 nitrogen and oxygen atoms in total. The molecule has 8 heteroatoms. The maximum absolute atomic E-state index is 12.5. The van der Waals surface area contributed by atoms with Crippen LogP contribution in [-0.4, -0.2) is 26.8 Å². The summed E-state index contributed by atoms with van der Waals surface area (Å²) in [4.78, 5) is 35.4. The van der Waals surface area contributed by atoms with Crippen LogP contribution in [0.5, 0.6) is 0 Å². The molecule has 2 amide bonds. The fraction of sp³-hybridized carbons (Fsp3) is 0.250. The Morgan fingerprint density at radius 2 is 2.10 bits per heavy atom. The summed E-state index contributed by atoms with van der Waals surface area (Å²) in [7, 11) is 0. The number of amides is 2. The number of nitrogens with zero attached hydrogens (tertiary/aromatic N) is 3. The van der Waals surface area contributed by atoms with Crippen LogP contribution < -0.4 is 10.9 Å². The van der Waals surface area contributed by atoms with Crippen LogP contribution in [0.1, 0.15) is 18.9 Å². The van der Waals surface area contributed by atoms with E-state index in [0.29, 0.717) is 10.9 Å². The summed E-state index contributed by atoms with van der Waals surface area (Å²) < 4.78 is 1.81. The predicted octanol–water partition coefficient (Wildman–Crippen LogP) is 0.374. The Labute approximate surface area is 126 Å². The van der Waals surface area contributed by atoms with Gasteiger partial charge in [0.15, 0.2) is 0 Å². The predicted molar refractivity (Wildman–Crippen MR) is 77.9 cm³/mol. The topological polar surface area (TPSA) is 93.9 Å². The van der Waals surface area contributed by atoms with E-state index in [0.717, 1.165) is 8.25 Å². The molecule has 1 aromatic heterocycles. The Kier molecular flexibility index (Phi) is 3.24. The van der Waals surface area contributed by atoms with Gasteiger partial charge in [0.05, 0.1) is 5.39 Å². The maximum atomic E-state index is 12.5. The second-order valence-corrected chi connectivity index (χ2v) is 5.60. The number of piperidine rings is 1. The average molecular weight is 384 g/mol. The fourth-order valence-electron chi connectivity index (χ4n) is 2.18. The van der Waals surface area contributed by atoms with Crippen LogP contribution in [0.25, 0.3) is 10.9 Å². The second-order valence-electron chi connectivity index (χ2n) is 4.44. The lowest BCUT2D eigenvalue weighted by molar-refractivity contribution is -0.136. The van der Waals surface area contributed by atoms with E-state index in [-0.39, 0.29) is 24.3 Å². The van der Waals surface area contributed by atoms with Gasteiger partial charge in [-0.1, -0.05) is 11.3 Å². The molecular formula is C12H9IN4O3. The lowest BCUT2D eigenvalue weighted by Crippen LogP contribution is -2.45. The first-order chi connectivity index (χ1) is 9.58. The normalized spacial score (nSPS) is 19.1. The lowest BCUT2D eigenvalue weighted by Gasteiger charge is -2.21. The van der Waals surface area contributed by atoms with E-state index in [2.05, 4.69) is 15.6 Å². The highest BCUT2D eigenvalue weighted by Gasteiger charge is 2.30. The SMILES string of the molecule is O=C1CCC(n2nnc3cccc(I)c3c2=O)C(=O)N1. The van der Waals surface area contributed by atoms with E-state index >= 15 is 0 Å². The van der Waals surface area contributed by atoms with Gasteiger partial charge in [-0.2, -0.15) is 4.68 Å². The van der Waals surface area contributed by atoms with Gasteiger partial charge in [-0.15, -0.1) is 5.10 Å². The van der Waals surface area contributed by atoms with E-state index in [1.54, 1.807) is 18.2 Å². The zero-order valence-electron chi connectivity index (χ0n) is 10.2. The summed E-state index contributed by atoms with van der Waals surface area (Å²) in [6.45, 7) is 0. The van der Waals surface area contributed by atoms with Crippen LogP contribution in [0, 0.1) is 3.57 Å². The highest BCUT2D eigenvalue weighted by Crippen LogP contribution is 2.18. The Bertz CT molecular complexity index is 786. The van der Waals surface area contributed by atoms with Crippen LogP contribution in [0.15, 0.2) is 23.0 Å². The summed E-state index contributed by atoms with van der Waals surface area (Å²) in [5, 5.41) is 10.4. The van der Waals surface area contributed by atoms with Gasteiger partial charge in [0, 0.05) is 9.99 Å². The van der Waals surface area contributed by atoms with Crippen molar-refractivity contribution in [3.05, 3.63) is 32.1 Å². The maximum Gasteiger partial charge on any atom is 0.279 e. The summed E-state index contributed by atoms with van der Waals surface area (Å²) in [5.41, 5.74) is 0.125. The molecule has 2 heterocycles. The number of carbonyl (C=O) groups excluding carboxylic acids is 2. The van der Waals surface area contributed by atoms with Crippen molar-refractivity contribution in [2.45, 2.75) is 18.9 Å². The number of nitrogens with one attached hydrogen (secondary N) is 1. The lowest BCUT2D eigenvalue weighted by atomic mass is 10.1. The van der Waals surface area contributed by atoms with Crippen molar-refractivity contribution in [3.63, 3.8) is 0 Å². The van der Waals surface area contributed by atoms with Crippen molar-refractivity contribution in [2.75, 3.05) is 0 Å². The largest absolute Gasteiger partial charge is 0.295 e. The Morgan fingerprint density at radius 1 is 1.30 bits per heavy atom. The molecule has 1 unspecified atom stereocenters. The standard InChI is InChI=1S/C12H9IN4O3/c13-6-2-1-3-7-10(6)12(20)17(16-15-7)8-4-5-9(18)14-11(8)19/h1-3,8H,4-5H2,(H,14,18,19). The summed E-state index contributed by atoms with van der Waals surface area (Å²) in [6.07, 6.45) is 0.447. The van der Waals surface area contributed by atoms with Gasteiger partial charge in [0.1, 0.15) is 11.6 Å². The van der Waals surface area contributed by atoms with Gasteiger partial charge in [-0.25, -0.2) is 0 Å². The molecule has 0 aliphatic carbocycles. The molecule has 1 fully saturated rings. The third-order valence-corrected chi connectivity index (χ3v) is 4.07. The van der Waals surface area contributed by atoms with Crippen LogP contribution >= 0.6 is 22.6 Å². The number of imide groups is 1. The minimum Gasteiger partial charge on any atom is -0.295 e. The average Bonchev–Trinajstić information content (AvgIpc) is 2.40. The zero-order valence-corrected chi connectivity index (χ0v) is 12.3. The first-order valence-corrected chi connectivity index (χ1v) is 7.03. The Hall–Kier alpha value is -1.84. The molecule has 1 atom stereocenters. The van der Waals surface area contributed by atoms with Crippen LogP contribution in [0.4, 0.5) is 0 Å². The smallest absolute Gasteiger partial charge is 0.279 e. The van der Waals surface area contributed by atoms with Crippen LogP contribution in [0.3, 0.4) is 0 Å². The molecule has 2 aromatic rings. The number of benzene rings is 1. The quantitative estimate of drug-likeness (QED) is 0.567. The number of fused-ring (bicyclic) bond motifs is 1. The Morgan fingerprint density at radius 3 is 2.85 bits per heavy atom. The number of rotatable bonds is 1. The third-order valence-electron chi connectivity index (χ3n) is 3.17. The molecule has 3 rings (SSSR count). The van der Waals surface area contributed by atoms with Crippen molar-refractivity contribution < 1.29 is 9.59 Å². The first kappa shape index (κ1) is 13.2. The first-order valence-electron chi connectivity index (χ1n) is 5.95. The second kappa shape index (κ2) is 4.93. The van der Waals surface area contributed by atoms with E-state index < -0.39 is 11.9 Å². The number of carbonyl (C=O) groups is 2. The molecule has 1 aromatic carbocycles. The number of hydrogen-bond donors (Lipinski definition) is 1. The van der Waals surface area contributed by atoms with Gasteiger partial charge in [-0.05, 0) is 41.1 Å². The highest BCUT2D eigenvalue weighted by atomic mass is 127. The summed E-state index contributed by atoms with van der Waals surface area (Å²) in [6, 6.07) is 4.49. The van der Waals surface area contributed by atoms with E-state index in [9.17, 15) is 14.4 Å². The molecule has 1 aliphatic heterocycles. The third kappa shape index (κ3) is 2.09. The molecule has 102 valence electrons. The molecule has 1 aliphatic rings. The zero-order chi connectivity index (χ0) is 14.3. The van der Waals surface area contributed by atoms with Crippen molar-refractivity contribution in [1.82, 2.24) is 20.3 Å². The summed E-state index contributed by atoms with van der Waals surface area (Å²) in [5.74, 6) is -0.842. The molecule has 0 saturated carbocycles. The number of hydrogen-bond acceptors (Lipinski definition) is 5. The molecule has 0 spiro atoms. The van der Waals surface area contributed by atoms with E-state index in [4.69, 9.17) is 0 Å². The molecule has 0 radical (unpaired) electrons. The monoisotopic (exact) mass is 384 g/mol. The van der Waals surface area contributed by atoms with Crippen LogP contribution in [0.2, 0.25) is 0 Å². The van der Waals surface area contributed by atoms with Crippen molar-refractivity contribution >= 4 is 45.3 Å².